The maximum absolute atomic E-state index is 8.62. The quantitative estimate of drug-likeness (QED) is 0.738. The molecule has 16 heavy (non-hydrogen) atoms. The zero-order valence-corrected chi connectivity index (χ0v) is 8.84. The molecule has 0 atom stereocenters. The fraction of sp³-hybridized carbons (Fsp3) is 0.300. The summed E-state index contributed by atoms with van der Waals surface area (Å²) in [6, 6.07) is 7.21. The number of rotatable bonds is 4. The van der Waals surface area contributed by atoms with Gasteiger partial charge in [-0.2, -0.15) is 15.5 Å². The molecule has 1 heterocycles. The summed E-state index contributed by atoms with van der Waals surface area (Å²) in [5.41, 5.74) is 6.03. The van der Waals surface area contributed by atoms with Gasteiger partial charge in [0.25, 0.3) is 0 Å². The minimum Gasteiger partial charge on any atom is -0.479 e. The lowest BCUT2D eigenvalue weighted by Gasteiger charge is -2.17. The van der Waals surface area contributed by atoms with Crippen LogP contribution < -0.4 is 15.4 Å². The van der Waals surface area contributed by atoms with Crippen molar-refractivity contribution in [3.8, 4) is 18.0 Å². The molecule has 0 aliphatic carbocycles. The molecule has 0 spiro atoms. The van der Waals surface area contributed by atoms with Gasteiger partial charge >= 0.3 is 0 Å². The number of hydrogen-bond acceptors (Lipinski definition) is 6. The molecule has 82 valence electrons. The van der Waals surface area contributed by atoms with Crippen LogP contribution in [0.3, 0.4) is 0 Å². The number of ether oxygens (including phenoxy) is 1. The summed E-state index contributed by atoms with van der Waals surface area (Å²) in [6.07, 6.45) is 0. The summed E-state index contributed by atoms with van der Waals surface area (Å²) < 4.78 is 4.96. The summed E-state index contributed by atoms with van der Waals surface area (Å²) in [6.45, 7) is 0.182. The Morgan fingerprint density at radius 3 is 2.50 bits per heavy atom. The van der Waals surface area contributed by atoms with E-state index in [1.54, 1.807) is 12.1 Å². The second kappa shape index (κ2) is 5.42. The molecule has 0 amide bonds. The summed E-state index contributed by atoms with van der Waals surface area (Å²) >= 11 is 0. The number of nitrogens with two attached hydrogens (primary N) is 1. The summed E-state index contributed by atoms with van der Waals surface area (Å²) in [4.78, 5) is 5.63. The van der Waals surface area contributed by atoms with Gasteiger partial charge in [0.15, 0.2) is 0 Å². The highest BCUT2D eigenvalue weighted by molar-refractivity contribution is 5.55. The first kappa shape index (κ1) is 11.6. The average molecular weight is 217 g/mol. The predicted molar refractivity (Wildman–Crippen MR) is 58.6 cm³/mol. The Kier molecular flexibility index (Phi) is 3.93. The van der Waals surface area contributed by atoms with E-state index in [-0.39, 0.29) is 13.1 Å². The molecule has 0 aliphatic heterocycles. The van der Waals surface area contributed by atoms with E-state index in [4.69, 9.17) is 21.0 Å². The topological polar surface area (TPSA) is 99.0 Å². The zero-order chi connectivity index (χ0) is 12.0. The number of aromatic nitrogens is 1. The molecule has 0 saturated heterocycles. The number of anilines is 2. The van der Waals surface area contributed by atoms with E-state index in [0.717, 1.165) is 0 Å². The van der Waals surface area contributed by atoms with E-state index in [1.807, 2.05) is 12.1 Å². The van der Waals surface area contributed by atoms with Gasteiger partial charge < -0.3 is 15.4 Å². The van der Waals surface area contributed by atoms with Crippen LogP contribution in [0, 0.1) is 22.7 Å². The number of nitrogens with zero attached hydrogens (tertiary/aromatic N) is 4. The van der Waals surface area contributed by atoms with Crippen molar-refractivity contribution in [3.05, 3.63) is 12.1 Å². The number of pyridine rings is 1. The van der Waals surface area contributed by atoms with Crippen LogP contribution in [-0.2, 0) is 0 Å². The molecular weight excluding hydrogens is 206 g/mol. The molecular formula is C10H11N5O. The second-order valence-corrected chi connectivity index (χ2v) is 2.94. The first-order valence-corrected chi connectivity index (χ1v) is 4.52. The first-order valence-electron chi connectivity index (χ1n) is 4.52. The average Bonchev–Trinajstić information content (AvgIpc) is 2.29. The van der Waals surface area contributed by atoms with E-state index >= 15 is 0 Å². The molecule has 2 N–H and O–H groups in total. The standard InChI is InChI=1S/C10H11N5O/c1-16-10-8(13)2-3-9(14-10)15(6-4-11)7-5-12/h2-3H,6-7,13H2,1H3. The van der Waals surface area contributed by atoms with Gasteiger partial charge in [-0.3, -0.25) is 0 Å². The second-order valence-electron chi connectivity index (χ2n) is 2.94. The molecule has 0 saturated carbocycles. The third kappa shape index (κ3) is 2.52. The van der Waals surface area contributed by atoms with Gasteiger partial charge in [0.1, 0.15) is 18.9 Å². The van der Waals surface area contributed by atoms with Crippen molar-refractivity contribution in [3.63, 3.8) is 0 Å². The molecule has 0 fully saturated rings. The Hall–Kier alpha value is -2.47. The Bertz CT molecular complexity index is 430. The van der Waals surface area contributed by atoms with E-state index in [2.05, 4.69) is 4.98 Å². The van der Waals surface area contributed by atoms with Gasteiger partial charge in [0.2, 0.25) is 5.88 Å². The minimum atomic E-state index is 0.0909. The van der Waals surface area contributed by atoms with Crippen molar-refractivity contribution >= 4 is 11.5 Å². The third-order valence-electron chi connectivity index (χ3n) is 1.92. The lowest BCUT2D eigenvalue weighted by Crippen LogP contribution is -2.24. The van der Waals surface area contributed by atoms with Gasteiger partial charge in [0.05, 0.1) is 24.9 Å². The molecule has 1 rings (SSSR count). The smallest absolute Gasteiger partial charge is 0.238 e. The van der Waals surface area contributed by atoms with Crippen LogP contribution in [0.25, 0.3) is 0 Å². The van der Waals surface area contributed by atoms with Crippen LogP contribution in [0.1, 0.15) is 0 Å². The van der Waals surface area contributed by atoms with Crippen LogP contribution in [0.2, 0.25) is 0 Å². The molecule has 6 heteroatoms. The Labute approximate surface area is 93.5 Å². The van der Waals surface area contributed by atoms with E-state index in [9.17, 15) is 0 Å². The van der Waals surface area contributed by atoms with Crippen LogP contribution >= 0.6 is 0 Å². The lowest BCUT2D eigenvalue weighted by atomic mass is 10.3. The highest BCUT2D eigenvalue weighted by Crippen LogP contribution is 2.22. The van der Waals surface area contributed by atoms with E-state index in [0.29, 0.717) is 17.4 Å². The Morgan fingerprint density at radius 1 is 1.38 bits per heavy atom. The summed E-state index contributed by atoms with van der Waals surface area (Å²) in [7, 11) is 1.46. The van der Waals surface area contributed by atoms with Gasteiger partial charge in [-0.1, -0.05) is 0 Å². The molecule has 1 aromatic rings. The maximum atomic E-state index is 8.62. The van der Waals surface area contributed by atoms with Crippen LogP contribution in [0.4, 0.5) is 11.5 Å². The van der Waals surface area contributed by atoms with Crippen LogP contribution in [0.15, 0.2) is 12.1 Å². The van der Waals surface area contributed by atoms with Gasteiger partial charge in [-0.25, -0.2) is 0 Å². The lowest BCUT2D eigenvalue weighted by molar-refractivity contribution is 0.400. The summed E-state index contributed by atoms with van der Waals surface area (Å²) in [5, 5.41) is 17.2. The molecule has 0 unspecified atom stereocenters. The Morgan fingerprint density at radius 2 is 2.00 bits per heavy atom. The van der Waals surface area contributed by atoms with Crippen LogP contribution in [0.5, 0.6) is 5.88 Å². The van der Waals surface area contributed by atoms with Gasteiger partial charge in [-0.15, -0.1) is 0 Å². The number of hydrogen-bond donors (Lipinski definition) is 1. The largest absolute Gasteiger partial charge is 0.479 e. The van der Waals surface area contributed by atoms with Crippen molar-refractivity contribution in [2.45, 2.75) is 0 Å². The summed E-state index contributed by atoms with van der Waals surface area (Å²) in [5.74, 6) is 0.785. The highest BCUT2D eigenvalue weighted by Gasteiger charge is 2.09. The molecule has 0 aromatic carbocycles. The molecule has 6 nitrogen and oxygen atoms in total. The minimum absolute atomic E-state index is 0.0909. The fourth-order valence-corrected chi connectivity index (χ4v) is 1.17. The van der Waals surface area contributed by atoms with Crippen molar-refractivity contribution < 1.29 is 4.74 Å². The third-order valence-corrected chi connectivity index (χ3v) is 1.92. The van der Waals surface area contributed by atoms with Gasteiger partial charge in [-0.05, 0) is 12.1 Å². The van der Waals surface area contributed by atoms with Crippen LogP contribution in [-0.4, -0.2) is 25.2 Å². The molecule has 0 aliphatic rings. The van der Waals surface area contributed by atoms with Crippen molar-refractivity contribution in [1.82, 2.24) is 4.98 Å². The number of methoxy groups -OCH3 is 1. The van der Waals surface area contributed by atoms with Crippen molar-refractivity contribution in [2.24, 2.45) is 0 Å². The molecule has 1 aromatic heterocycles. The maximum Gasteiger partial charge on any atom is 0.238 e. The monoisotopic (exact) mass is 217 g/mol. The van der Waals surface area contributed by atoms with E-state index in [1.165, 1.54) is 12.0 Å². The molecule has 0 radical (unpaired) electrons. The normalized spacial score (nSPS) is 8.94. The Balaban J connectivity index is 3.02. The SMILES string of the molecule is COc1nc(N(CC#N)CC#N)ccc1N. The number of nitrogen functional groups attached to an aromatic ring is 1. The van der Waals surface area contributed by atoms with Crippen molar-refractivity contribution in [1.29, 1.82) is 10.5 Å². The molecule has 0 bridgehead atoms. The van der Waals surface area contributed by atoms with E-state index < -0.39 is 0 Å². The first-order chi connectivity index (χ1) is 7.72. The predicted octanol–water partition coefficient (Wildman–Crippen LogP) is 0.526. The fourth-order valence-electron chi connectivity index (χ4n) is 1.17. The number of nitriles is 2. The van der Waals surface area contributed by atoms with Gasteiger partial charge in [0, 0.05) is 0 Å². The highest BCUT2D eigenvalue weighted by atomic mass is 16.5. The van der Waals surface area contributed by atoms with Crippen molar-refractivity contribution in [2.75, 3.05) is 30.8 Å². The zero-order valence-electron chi connectivity index (χ0n) is 8.84.